The molecule has 2 amide bonds. The summed E-state index contributed by atoms with van der Waals surface area (Å²) >= 11 is 0. The molecular weight excluding hydrogens is 521 g/mol. The van der Waals surface area contributed by atoms with Crippen LogP contribution in [-0.2, 0) is 28.7 Å². The zero-order chi connectivity index (χ0) is 28.9. The number of hydrogen-bond acceptors (Lipinski definition) is 5. The molecule has 10 heteroatoms. The van der Waals surface area contributed by atoms with Crippen LogP contribution in [0.1, 0.15) is 61.3 Å². The predicted octanol–water partition coefficient (Wildman–Crippen LogP) is 4.73. The summed E-state index contributed by atoms with van der Waals surface area (Å²) in [6, 6.07) is 12.2. The number of amides is 2. The normalized spacial score (nSPS) is 18.6. The fourth-order valence-electron chi connectivity index (χ4n) is 5.81. The molecule has 2 N–H and O–H groups in total. The van der Waals surface area contributed by atoms with Gasteiger partial charge < -0.3 is 15.3 Å². The monoisotopic (exact) mass is 556 g/mol. The maximum Gasteiger partial charge on any atom is 0.417 e. The van der Waals surface area contributed by atoms with Crippen molar-refractivity contribution in [3.05, 3.63) is 64.7 Å². The second-order valence-electron chi connectivity index (χ2n) is 10.9. The zero-order valence-corrected chi connectivity index (χ0v) is 22.6. The van der Waals surface area contributed by atoms with E-state index in [0.717, 1.165) is 55.6 Å². The number of halogens is 3. The summed E-state index contributed by atoms with van der Waals surface area (Å²) in [6.07, 6.45) is -0.715. The summed E-state index contributed by atoms with van der Waals surface area (Å²) in [4.78, 5) is 29.3. The van der Waals surface area contributed by atoms with Crippen LogP contribution in [0.2, 0.25) is 0 Å². The highest BCUT2D eigenvalue weighted by molar-refractivity contribution is 5.97. The molecule has 2 aliphatic rings. The van der Waals surface area contributed by atoms with E-state index in [2.05, 4.69) is 10.2 Å². The highest BCUT2D eigenvalue weighted by Crippen LogP contribution is 2.37. The number of anilines is 1. The minimum atomic E-state index is -4.76. The van der Waals surface area contributed by atoms with E-state index in [1.165, 1.54) is 12.1 Å². The number of piperazine rings is 1. The second kappa shape index (κ2) is 12.4. The van der Waals surface area contributed by atoms with Crippen LogP contribution in [0.15, 0.2) is 42.5 Å². The highest BCUT2D eigenvalue weighted by Gasteiger charge is 2.44. The number of hydrogen-bond donors (Lipinski definition) is 2. The summed E-state index contributed by atoms with van der Waals surface area (Å²) in [5, 5.41) is 23.5. The van der Waals surface area contributed by atoms with E-state index in [1.807, 2.05) is 29.2 Å². The molecule has 40 heavy (non-hydrogen) atoms. The number of carbonyl (C=O) groups excluding carboxylic acids is 2. The Morgan fingerprint density at radius 1 is 1.02 bits per heavy atom. The lowest BCUT2D eigenvalue weighted by Gasteiger charge is -2.37. The van der Waals surface area contributed by atoms with Gasteiger partial charge in [0.05, 0.1) is 17.2 Å². The maximum atomic E-state index is 13.6. The number of nitrogens with one attached hydrogen (secondary N) is 1. The lowest BCUT2D eigenvalue weighted by atomic mass is 9.73. The maximum absolute atomic E-state index is 13.6. The third-order valence-electron chi connectivity index (χ3n) is 8.07. The standard InChI is InChI=1S/C30H35F3N4O3/c1-21(38)37-14-12-36(13-15-37)20-23-7-5-6-22(16-23)18-29(40,25-8-3-2-4-9-25)28(39)35-26-11-10-24(19-34)27(17-26)30(31,32)33/h5-7,10-11,16-17,25,40H,2-4,8-9,12-15,18,20H2,1H3,(H,35,39). The molecule has 0 aromatic heterocycles. The van der Waals surface area contributed by atoms with Crippen LogP contribution < -0.4 is 5.32 Å². The van der Waals surface area contributed by atoms with Gasteiger partial charge in [-0.15, -0.1) is 0 Å². The topological polar surface area (TPSA) is 96.7 Å². The second-order valence-corrected chi connectivity index (χ2v) is 10.9. The largest absolute Gasteiger partial charge is 0.417 e. The molecule has 1 heterocycles. The third kappa shape index (κ3) is 7.01. The molecule has 1 aliphatic carbocycles. The van der Waals surface area contributed by atoms with Crippen molar-refractivity contribution in [2.24, 2.45) is 5.92 Å². The Bertz CT molecular complexity index is 1260. The molecule has 1 aliphatic heterocycles. The first kappa shape index (κ1) is 29.6. The van der Waals surface area contributed by atoms with Crippen LogP contribution in [0.5, 0.6) is 0 Å². The van der Waals surface area contributed by atoms with Gasteiger partial charge in [0, 0.05) is 51.8 Å². The van der Waals surface area contributed by atoms with E-state index in [0.29, 0.717) is 32.5 Å². The van der Waals surface area contributed by atoms with Crippen molar-refractivity contribution in [1.82, 2.24) is 9.80 Å². The van der Waals surface area contributed by atoms with Gasteiger partial charge in [0.2, 0.25) is 5.91 Å². The smallest absolute Gasteiger partial charge is 0.379 e. The van der Waals surface area contributed by atoms with Gasteiger partial charge in [-0.2, -0.15) is 18.4 Å². The summed E-state index contributed by atoms with van der Waals surface area (Å²) < 4.78 is 40.5. The molecule has 214 valence electrons. The van der Waals surface area contributed by atoms with Gasteiger partial charge in [0.15, 0.2) is 0 Å². The van der Waals surface area contributed by atoms with Crippen molar-refractivity contribution in [1.29, 1.82) is 5.26 Å². The van der Waals surface area contributed by atoms with Crippen molar-refractivity contribution in [3.8, 4) is 6.07 Å². The van der Waals surface area contributed by atoms with Gasteiger partial charge in [-0.3, -0.25) is 14.5 Å². The number of carbonyl (C=O) groups is 2. The number of rotatable bonds is 7. The molecule has 1 saturated heterocycles. The molecule has 2 fully saturated rings. The molecule has 0 radical (unpaired) electrons. The molecule has 1 atom stereocenters. The number of alkyl halides is 3. The molecule has 1 unspecified atom stereocenters. The number of nitriles is 1. The van der Waals surface area contributed by atoms with E-state index in [9.17, 15) is 27.9 Å². The van der Waals surface area contributed by atoms with Crippen LogP contribution in [0.3, 0.4) is 0 Å². The summed E-state index contributed by atoms with van der Waals surface area (Å²) in [5.41, 5.74) is -1.83. The van der Waals surface area contributed by atoms with Gasteiger partial charge in [-0.25, -0.2) is 0 Å². The molecular formula is C30H35F3N4O3. The molecule has 2 aromatic carbocycles. The van der Waals surface area contributed by atoms with Crippen molar-refractivity contribution in [3.63, 3.8) is 0 Å². The van der Waals surface area contributed by atoms with Gasteiger partial charge >= 0.3 is 6.18 Å². The third-order valence-corrected chi connectivity index (χ3v) is 8.07. The first-order valence-electron chi connectivity index (χ1n) is 13.7. The Kier molecular flexibility index (Phi) is 9.16. The minimum Gasteiger partial charge on any atom is -0.379 e. The van der Waals surface area contributed by atoms with Gasteiger partial charge in [0.25, 0.3) is 5.91 Å². The van der Waals surface area contributed by atoms with E-state index in [-0.39, 0.29) is 23.9 Å². The van der Waals surface area contributed by atoms with E-state index >= 15 is 0 Å². The molecule has 2 aromatic rings. The zero-order valence-electron chi connectivity index (χ0n) is 22.6. The lowest BCUT2D eigenvalue weighted by molar-refractivity contribution is -0.142. The Morgan fingerprint density at radius 2 is 1.70 bits per heavy atom. The van der Waals surface area contributed by atoms with Crippen molar-refractivity contribution in [2.75, 3.05) is 31.5 Å². The summed E-state index contributed by atoms with van der Waals surface area (Å²) in [5.74, 6) is -1.02. The number of benzene rings is 2. The van der Waals surface area contributed by atoms with Gasteiger partial charge in [-0.1, -0.05) is 43.5 Å². The Morgan fingerprint density at radius 3 is 2.33 bits per heavy atom. The first-order valence-corrected chi connectivity index (χ1v) is 13.7. The van der Waals surface area contributed by atoms with Crippen LogP contribution >= 0.6 is 0 Å². The SMILES string of the molecule is CC(=O)N1CCN(Cc2cccc(CC(O)(C(=O)Nc3ccc(C#N)c(C(F)(F)F)c3)C3CCCCC3)c2)CC1. The molecule has 1 saturated carbocycles. The fraction of sp³-hybridized carbons (Fsp3) is 0.500. The molecule has 4 rings (SSSR count). The Labute approximate surface area is 232 Å². The van der Waals surface area contributed by atoms with E-state index in [4.69, 9.17) is 5.26 Å². The predicted molar refractivity (Wildman–Crippen MR) is 144 cm³/mol. The van der Waals surface area contributed by atoms with Gasteiger partial charge in [-0.05, 0) is 48.1 Å². The average molecular weight is 557 g/mol. The van der Waals surface area contributed by atoms with Crippen molar-refractivity contribution < 1.29 is 27.9 Å². The van der Waals surface area contributed by atoms with Crippen LogP contribution in [0.25, 0.3) is 0 Å². The number of nitrogens with zero attached hydrogens (tertiary/aromatic N) is 3. The van der Waals surface area contributed by atoms with E-state index in [1.54, 1.807) is 6.92 Å². The van der Waals surface area contributed by atoms with Crippen LogP contribution in [0, 0.1) is 17.2 Å². The van der Waals surface area contributed by atoms with Gasteiger partial charge in [0.1, 0.15) is 5.60 Å². The first-order chi connectivity index (χ1) is 19.0. The van der Waals surface area contributed by atoms with Crippen LogP contribution in [0.4, 0.5) is 18.9 Å². The molecule has 0 bridgehead atoms. The summed E-state index contributed by atoms with van der Waals surface area (Å²) in [6.45, 7) is 5.08. The quantitative estimate of drug-likeness (QED) is 0.514. The van der Waals surface area contributed by atoms with Crippen LogP contribution in [-0.4, -0.2) is 58.5 Å². The minimum absolute atomic E-state index is 0.0257. The summed E-state index contributed by atoms with van der Waals surface area (Å²) in [7, 11) is 0. The average Bonchev–Trinajstić information content (AvgIpc) is 2.93. The fourth-order valence-corrected chi connectivity index (χ4v) is 5.81. The lowest BCUT2D eigenvalue weighted by Crippen LogP contribution is -2.51. The van der Waals surface area contributed by atoms with E-state index < -0.39 is 28.8 Å². The van der Waals surface area contributed by atoms with Crippen molar-refractivity contribution >= 4 is 17.5 Å². The molecule has 7 nitrogen and oxygen atoms in total. The Balaban J connectivity index is 1.54. The highest BCUT2D eigenvalue weighted by atomic mass is 19.4. The molecule has 0 spiro atoms. The van der Waals surface area contributed by atoms with Crippen molar-refractivity contribution in [2.45, 2.75) is 63.8 Å². The number of aliphatic hydroxyl groups is 1. The Hall–Kier alpha value is -3.42.